The lowest BCUT2D eigenvalue weighted by molar-refractivity contribution is -0.151. The maximum absolute atomic E-state index is 11.2. The fourth-order valence-electron chi connectivity index (χ4n) is 0.966. The maximum atomic E-state index is 11.2. The summed E-state index contributed by atoms with van der Waals surface area (Å²) >= 11 is 0. The first-order valence-corrected chi connectivity index (χ1v) is 4.63. The second-order valence-corrected chi connectivity index (χ2v) is 3.34. The van der Waals surface area contributed by atoms with Gasteiger partial charge >= 0.3 is 0 Å². The van der Waals surface area contributed by atoms with Crippen molar-refractivity contribution in [2.24, 2.45) is 5.11 Å². The summed E-state index contributed by atoms with van der Waals surface area (Å²) in [5.74, 6) is -2.60. The van der Waals surface area contributed by atoms with E-state index in [2.05, 4.69) is 10.0 Å². The predicted molar refractivity (Wildman–Crippen MR) is 53.7 cm³/mol. The van der Waals surface area contributed by atoms with Crippen LogP contribution in [-0.2, 0) is 9.59 Å². The second-order valence-electron chi connectivity index (χ2n) is 3.34. The van der Waals surface area contributed by atoms with E-state index in [1.165, 1.54) is 0 Å². The number of aliphatic hydroxyl groups is 4. The summed E-state index contributed by atoms with van der Waals surface area (Å²) in [6.45, 7) is 0.344. The van der Waals surface area contributed by atoms with E-state index in [1.54, 1.807) is 0 Å². The standard InChI is InChI=1S/C8H13N3O6/c1-3(12)5(14)7(16)8(17)6(15)4(13)2-10-11-9/h3,5,7-8,12,14,16-17H,2H2,1H3/t3-,5-,7+,8-/m0/s1. The molecule has 0 aromatic rings. The first-order valence-electron chi connectivity index (χ1n) is 4.63. The molecule has 9 nitrogen and oxygen atoms in total. The van der Waals surface area contributed by atoms with Crippen LogP contribution in [-0.4, -0.2) is 63.0 Å². The third-order valence-electron chi connectivity index (χ3n) is 1.99. The Bertz CT molecular complexity index is 338. The number of ketones is 2. The molecule has 17 heavy (non-hydrogen) atoms. The fourth-order valence-corrected chi connectivity index (χ4v) is 0.966. The van der Waals surface area contributed by atoms with E-state index in [0.717, 1.165) is 6.92 Å². The molecular weight excluding hydrogens is 234 g/mol. The summed E-state index contributed by atoms with van der Waals surface area (Å²) in [5.41, 5.74) is 7.92. The van der Waals surface area contributed by atoms with Gasteiger partial charge in [0.15, 0.2) is 0 Å². The van der Waals surface area contributed by atoms with Crippen LogP contribution in [0.25, 0.3) is 10.4 Å². The first-order chi connectivity index (χ1) is 7.82. The van der Waals surface area contributed by atoms with Crippen LogP contribution < -0.4 is 0 Å². The van der Waals surface area contributed by atoms with Crippen molar-refractivity contribution in [3.63, 3.8) is 0 Å². The number of aliphatic hydroxyl groups excluding tert-OH is 4. The molecule has 4 atom stereocenters. The van der Waals surface area contributed by atoms with Gasteiger partial charge in [-0.15, -0.1) is 0 Å². The molecule has 0 rings (SSSR count). The zero-order chi connectivity index (χ0) is 13.6. The summed E-state index contributed by atoms with van der Waals surface area (Å²) in [4.78, 5) is 24.4. The predicted octanol–water partition coefficient (Wildman–Crippen LogP) is -2.10. The summed E-state index contributed by atoms with van der Waals surface area (Å²) in [6.07, 6.45) is -7.35. The molecule has 0 spiro atoms. The van der Waals surface area contributed by atoms with Crippen LogP contribution in [0.15, 0.2) is 5.11 Å². The first kappa shape index (κ1) is 15.5. The SMILES string of the molecule is C[C@H](O)[C@H](O)[C@@H](O)[C@@H](O)C(=O)C(=O)CN=[N+]=[N-]. The maximum Gasteiger partial charge on any atom is 0.229 e. The van der Waals surface area contributed by atoms with Crippen molar-refractivity contribution < 1.29 is 30.0 Å². The van der Waals surface area contributed by atoms with Crippen molar-refractivity contribution in [2.45, 2.75) is 31.3 Å². The molecule has 4 N–H and O–H groups in total. The second kappa shape index (κ2) is 6.94. The summed E-state index contributed by atoms with van der Waals surface area (Å²) in [7, 11) is 0. The van der Waals surface area contributed by atoms with Crippen molar-refractivity contribution >= 4 is 11.6 Å². The molecule has 0 radical (unpaired) electrons. The molecule has 0 aromatic heterocycles. The fraction of sp³-hybridized carbons (Fsp3) is 0.750. The van der Waals surface area contributed by atoms with Gasteiger partial charge in [0.2, 0.25) is 11.6 Å². The summed E-state index contributed by atoms with van der Waals surface area (Å²) in [5, 5.41) is 39.4. The Labute approximate surface area is 95.9 Å². The van der Waals surface area contributed by atoms with Crippen molar-refractivity contribution in [1.82, 2.24) is 0 Å². The number of carbonyl (C=O) groups is 2. The van der Waals surface area contributed by atoms with Gasteiger partial charge in [-0.3, -0.25) is 9.59 Å². The lowest BCUT2D eigenvalue weighted by Gasteiger charge is -2.23. The quantitative estimate of drug-likeness (QED) is 0.174. The zero-order valence-corrected chi connectivity index (χ0v) is 8.96. The van der Waals surface area contributed by atoms with E-state index >= 15 is 0 Å². The third-order valence-corrected chi connectivity index (χ3v) is 1.99. The van der Waals surface area contributed by atoms with Crippen LogP contribution in [0.3, 0.4) is 0 Å². The van der Waals surface area contributed by atoms with Crippen molar-refractivity contribution in [3.05, 3.63) is 10.4 Å². The minimum Gasteiger partial charge on any atom is -0.391 e. The number of hydrogen-bond acceptors (Lipinski definition) is 7. The highest BCUT2D eigenvalue weighted by atomic mass is 16.4. The van der Waals surface area contributed by atoms with Gasteiger partial charge in [-0.2, -0.15) is 0 Å². The Morgan fingerprint density at radius 1 is 1.24 bits per heavy atom. The monoisotopic (exact) mass is 247 g/mol. The van der Waals surface area contributed by atoms with Gasteiger partial charge in [0, 0.05) is 4.91 Å². The molecule has 0 aliphatic rings. The van der Waals surface area contributed by atoms with Crippen LogP contribution in [0.2, 0.25) is 0 Å². The molecular formula is C8H13N3O6. The van der Waals surface area contributed by atoms with Crippen molar-refractivity contribution in [1.29, 1.82) is 0 Å². The molecule has 96 valence electrons. The minimum absolute atomic E-state index is 0.788. The number of rotatable bonds is 7. The number of Topliss-reactive ketones (excluding diaryl/α,β-unsaturated/α-hetero) is 2. The molecule has 0 amide bonds. The highest BCUT2D eigenvalue weighted by Crippen LogP contribution is 2.06. The Kier molecular flexibility index (Phi) is 6.33. The highest BCUT2D eigenvalue weighted by Gasteiger charge is 2.35. The van der Waals surface area contributed by atoms with Crippen molar-refractivity contribution in [3.8, 4) is 0 Å². The molecule has 0 fully saturated rings. The molecule has 0 heterocycles. The average molecular weight is 247 g/mol. The van der Waals surface area contributed by atoms with E-state index in [-0.39, 0.29) is 0 Å². The highest BCUT2D eigenvalue weighted by molar-refractivity contribution is 6.39. The van der Waals surface area contributed by atoms with Gasteiger partial charge in [-0.1, -0.05) is 5.11 Å². The Hall–Kier alpha value is -1.51. The molecule has 0 bridgehead atoms. The van der Waals surface area contributed by atoms with Crippen LogP contribution in [0.5, 0.6) is 0 Å². The molecule has 0 aromatic carbocycles. The summed E-state index contributed by atoms with van der Waals surface area (Å²) in [6, 6.07) is 0. The van der Waals surface area contributed by atoms with E-state index in [9.17, 15) is 19.8 Å². The molecule has 0 aliphatic heterocycles. The van der Waals surface area contributed by atoms with Gasteiger partial charge < -0.3 is 20.4 Å². The number of azide groups is 1. The molecule has 0 saturated heterocycles. The van der Waals surface area contributed by atoms with Crippen LogP contribution in [0.1, 0.15) is 6.92 Å². The van der Waals surface area contributed by atoms with Crippen LogP contribution >= 0.6 is 0 Å². The summed E-state index contributed by atoms with van der Waals surface area (Å²) < 4.78 is 0. The van der Waals surface area contributed by atoms with E-state index in [4.69, 9.17) is 15.7 Å². The van der Waals surface area contributed by atoms with Crippen LogP contribution in [0.4, 0.5) is 0 Å². The Balaban J connectivity index is 4.58. The average Bonchev–Trinajstić information content (AvgIpc) is 2.31. The van der Waals surface area contributed by atoms with E-state index in [0.29, 0.717) is 0 Å². The smallest absolute Gasteiger partial charge is 0.229 e. The van der Waals surface area contributed by atoms with Crippen LogP contribution in [0, 0.1) is 0 Å². The number of nitrogens with zero attached hydrogens (tertiary/aromatic N) is 3. The number of carbonyl (C=O) groups excluding carboxylic acids is 2. The molecule has 0 saturated carbocycles. The van der Waals surface area contributed by atoms with Crippen molar-refractivity contribution in [2.75, 3.05) is 6.54 Å². The normalized spacial score (nSPS) is 17.5. The van der Waals surface area contributed by atoms with Gasteiger partial charge in [-0.25, -0.2) is 0 Å². The van der Waals surface area contributed by atoms with E-state index in [1.807, 2.05) is 0 Å². The van der Waals surface area contributed by atoms with E-state index < -0.39 is 42.5 Å². The minimum atomic E-state index is -2.18. The lowest BCUT2D eigenvalue weighted by Crippen LogP contribution is -2.48. The Morgan fingerprint density at radius 2 is 1.76 bits per heavy atom. The largest absolute Gasteiger partial charge is 0.391 e. The Morgan fingerprint density at radius 3 is 2.18 bits per heavy atom. The molecule has 0 unspecified atom stereocenters. The zero-order valence-electron chi connectivity index (χ0n) is 8.96. The number of hydrogen-bond donors (Lipinski definition) is 4. The topological polar surface area (TPSA) is 164 Å². The van der Waals surface area contributed by atoms with Gasteiger partial charge in [0.1, 0.15) is 18.3 Å². The molecule has 9 heteroatoms. The van der Waals surface area contributed by atoms with Gasteiger partial charge in [-0.05, 0) is 12.5 Å². The van der Waals surface area contributed by atoms with Gasteiger partial charge in [0.25, 0.3) is 0 Å². The molecule has 0 aliphatic carbocycles. The third kappa shape index (κ3) is 4.47. The lowest BCUT2D eigenvalue weighted by atomic mass is 9.99. The van der Waals surface area contributed by atoms with Gasteiger partial charge in [0.05, 0.1) is 12.6 Å².